The van der Waals surface area contributed by atoms with Crippen LogP contribution in [0.2, 0.25) is 0 Å². The Balaban J connectivity index is 1.95. The fourth-order valence-electron chi connectivity index (χ4n) is 2.70. The molecule has 0 radical (unpaired) electrons. The first-order valence-corrected chi connectivity index (χ1v) is 8.92. The van der Waals surface area contributed by atoms with Crippen LogP contribution in [-0.2, 0) is 14.4 Å². The summed E-state index contributed by atoms with van der Waals surface area (Å²) in [6.45, 7) is 8.92. The summed E-state index contributed by atoms with van der Waals surface area (Å²) in [5, 5.41) is 2.39. The van der Waals surface area contributed by atoms with Crippen molar-refractivity contribution < 1.29 is 14.4 Å². The summed E-state index contributed by atoms with van der Waals surface area (Å²) in [4.78, 5) is 30.6. The summed E-state index contributed by atoms with van der Waals surface area (Å²) in [5.74, 6) is -0.0867. The van der Waals surface area contributed by atoms with Crippen molar-refractivity contribution in [1.29, 1.82) is 0 Å². The van der Waals surface area contributed by atoms with Crippen LogP contribution in [0.25, 0.3) is 0 Å². The number of esters is 1. The van der Waals surface area contributed by atoms with Crippen LogP contribution in [0.4, 0.5) is 0 Å². The number of hydrogen-bond donors (Lipinski definition) is 0. The van der Waals surface area contributed by atoms with E-state index in [9.17, 15) is 9.70 Å². The van der Waals surface area contributed by atoms with Gasteiger partial charge in [-0.2, -0.15) is 0 Å². The van der Waals surface area contributed by atoms with Gasteiger partial charge in [-0.1, -0.05) is 12.2 Å². The lowest BCUT2D eigenvalue weighted by atomic mass is 10.2. The first kappa shape index (κ1) is 20.6. The van der Waals surface area contributed by atoms with Gasteiger partial charge in [0.05, 0.1) is 6.61 Å². The normalized spacial score (nSPS) is 16.4. The van der Waals surface area contributed by atoms with Crippen LogP contribution in [0, 0.1) is 4.91 Å². The van der Waals surface area contributed by atoms with Crippen molar-refractivity contribution in [3.8, 4) is 0 Å². The molecule has 24 heavy (non-hydrogen) atoms. The predicted octanol–water partition coefficient (Wildman–Crippen LogP) is 2.37. The molecule has 0 aromatic rings. The molecule has 1 fully saturated rings. The Hall–Kier alpha value is -1.47. The van der Waals surface area contributed by atoms with Gasteiger partial charge in [0.15, 0.2) is 5.34 Å². The predicted molar refractivity (Wildman–Crippen MR) is 93.5 cm³/mol. The molecule has 0 unspecified atom stereocenters. The molecule has 0 bridgehead atoms. The highest BCUT2D eigenvalue weighted by molar-refractivity contribution is 5.69. The van der Waals surface area contributed by atoms with E-state index in [1.54, 1.807) is 0 Å². The second kappa shape index (κ2) is 13.9. The maximum absolute atomic E-state index is 11.5. The minimum atomic E-state index is -0.0867. The quantitative estimate of drug-likeness (QED) is 0.168. The van der Waals surface area contributed by atoms with Crippen molar-refractivity contribution in [2.24, 2.45) is 5.34 Å². The number of unbranched alkanes of at least 4 members (excludes halogenated alkanes) is 1. The molecule has 1 saturated heterocycles. The molecular weight excluding hydrogens is 310 g/mol. The van der Waals surface area contributed by atoms with E-state index < -0.39 is 0 Å². The van der Waals surface area contributed by atoms with Crippen LogP contribution < -0.4 is 0 Å². The molecule has 0 atom stereocenters. The molecule has 0 aromatic carbocycles. The Morgan fingerprint density at radius 3 is 2.25 bits per heavy atom. The molecule has 0 aromatic heterocycles. The minimum Gasteiger partial charge on any atom is -0.466 e. The molecule has 0 aliphatic carbocycles. The first-order chi connectivity index (χ1) is 11.8. The molecule has 0 N–H and O–H groups in total. The summed E-state index contributed by atoms with van der Waals surface area (Å²) in [5.41, 5.74) is 0. The standard InChI is InChI=1S/C17H31N3O4/c1-2-3-4-5-8-17(21)23-15-6-9-19-11-13-20(14-12-19)10-7-16-24-18-22/h2-3H,4-16H2,1H3/b3-2-. The summed E-state index contributed by atoms with van der Waals surface area (Å²) in [6.07, 6.45) is 8.09. The van der Waals surface area contributed by atoms with Gasteiger partial charge in [0.25, 0.3) is 0 Å². The SMILES string of the molecule is C/C=C\CCCC(=O)OCCCN1CCN(CCCON=O)CC1. The topological polar surface area (TPSA) is 71.4 Å². The van der Waals surface area contributed by atoms with Gasteiger partial charge in [0, 0.05) is 45.7 Å². The third kappa shape index (κ3) is 10.3. The second-order valence-electron chi connectivity index (χ2n) is 5.98. The Morgan fingerprint density at radius 2 is 1.67 bits per heavy atom. The van der Waals surface area contributed by atoms with E-state index in [0.29, 0.717) is 19.6 Å². The van der Waals surface area contributed by atoms with Gasteiger partial charge >= 0.3 is 5.97 Å². The van der Waals surface area contributed by atoms with E-state index in [2.05, 4.69) is 26.1 Å². The third-order valence-electron chi connectivity index (χ3n) is 4.10. The second-order valence-corrected chi connectivity index (χ2v) is 5.98. The van der Waals surface area contributed by atoms with Gasteiger partial charge in [-0.15, -0.1) is 4.91 Å². The molecule has 0 saturated carbocycles. The van der Waals surface area contributed by atoms with Crippen molar-refractivity contribution in [1.82, 2.24) is 9.80 Å². The van der Waals surface area contributed by atoms with Crippen LogP contribution in [-0.4, -0.2) is 68.3 Å². The Kier molecular flexibility index (Phi) is 11.9. The van der Waals surface area contributed by atoms with Gasteiger partial charge < -0.3 is 19.4 Å². The van der Waals surface area contributed by atoms with E-state index in [0.717, 1.165) is 65.0 Å². The highest BCUT2D eigenvalue weighted by Gasteiger charge is 2.16. The molecule has 0 spiro atoms. The zero-order valence-electron chi connectivity index (χ0n) is 14.8. The Labute approximate surface area is 144 Å². The molecule has 7 heteroatoms. The molecule has 1 rings (SSSR count). The fraction of sp³-hybridized carbons (Fsp3) is 0.824. The maximum Gasteiger partial charge on any atom is 0.305 e. The molecule has 7 nitrogen and oxygen atoms in total. The van der Waals surface area contributed by atoms with Crippen LogP contribution in [0.5, 0.6) is 0 Å². The van der Waals surface area contributed by atoms with Crippen molar-refractivity contribution in [2.45, 2.75) is 39.0 Å². The maximum atomic E-state index is 11.5. The van der Waals surface area contributed by atoms with Gasteiger partial charge in [0.1, 0.15) is 6.61 Å². The van der Waals surface area contributed by atoms with Crippen LogP contribution in [0.1, 0.15) is 39.0 Å². The van der Waals surface area contributed by atoms with Crippen LogP contribution in [0.3, 0.4) is 0 Å². The van der Waals surface area contributed by atoms with Gasteiger partial charge in [-0.25, -0.2) is 0 Å². The minimum absolute atomic E-state index is 0.0867. The van der Waals surface area contributed by atoms with Crippen molar-refractivity contribution in [2.75, 3.05) is 52.5 Å². The van der Waals surface area contributed by atoms with Gasteiger partial charge in [0.2, 0.25) is 0 Å². The number of carbonyl (C=O) groups is 1. The van der Waals surface area contributed by atoms with Gasteiger partial charge in [-0.05, 0) is 32.6 Å². The number of piperazine rings is 1. The van der Waals surface area contributed by atoms with Crippen molar-refractivity contribution in [3.05, 3.63) is 17.1 Å². The molecule has 1 aliphatic heterocycles. The number of hydrogen-bond acceptors (Lipinski definition) is 7. The fourth-order valence-corrected chi connectivity index (χ4v) is 2.70. The average Bonchev–Trinajstić information content (AvgIpc) is 2.60. The Bertz CT molecular complexity index is 369. The molecule has 1 heterocycles. The van der Waals surface area contributed by atoms with Crippen LogP contribution >= 0.6 is 0 Å². The van der Waals surface area contributed by atoms with Crippen molar-refractivity contribution in [3.63, 3.8) is 0 Å². The van der Waals surface area contributed by atoms with E-state index in [-0.39, 0.29) is 5.97 Å². The number of nitrogens with zero attached hydrogens (tertiary/aromatic N) is 3. The lowest BCUT2D eigenvalue weighted by molar-refractivity contribution is -0.143. The van der Waals surface area contributed by atoms with Crippen molar-refractivity contribution >= 4 is 5.97 Å². The lowest BCUT2D eigenvalue weighted by Gasteiger charge is -2.34. The van der Waals surface area contributed by atoms with E-state index in [1.807, 2.05) is 13.0 Å². The number of carbonyl (C=O) groups excluding carboxylic acids is 1. The largest absolute Gasteiger partial charge is 0.466 e. The molecule has 138 valence electrons. The number of rotatable bonds is 13. The summed E-state index contributed by atoms with van der Waals surface area (Å²) in [7, 11) is 0. The summed E-state index contributed by atoms with van der Waals surface area (Å²) < 4.78 is 5.26. The average molecular weight is 341 g/mol. The molecule has 0 amide bonds. The zero-order chi connectivity index (χ0) is 17.5. The molecule has 1 aliphatic rings. The van der Waals surface area contributed by atoms with E-state index >= 15 is 0 Å². The first-order valence-electron chi connectivity index (χ1n) is 8.92. The van der Waals surface area contributed by atoms with E-state index in [1.165, 1.54) is 0 Å². The van der Waals surface area contributed by atoms with E-state index in [4.69, 9.17) is 4.74 Å². The lowest BCUT2D eigenvalue weighted by Crippen LogP contribution is -2.47. The number of allylic oxidation sites excluding steroid dienone is 2. The molecular formula is C17H31N3O4. The highest BCUT2D eigenvalue weighted by Crippen LogP contribution is 2.04. The number of ether oxygens (including phenoxy) is 1. The monoisotopic (exact) mass is 341 g/mol. The third-order valence-corrected chi connectivity index (χ3v) is 4.10. The summed E-state index contributed by atoms with van der Waals surface area (Å²) >= 11 is 0. The summed E-state index contributed by atoms with van der Waals surface area (Å²) in [6, 6.07) is 0. The Morgan fingerprint density at radius 1 is 1.04 bits per heavy atom. The van der Waals surface area contributed by atoms with Gasteiger partial charge in [-0.3, -0.25) is 4.79 Å². The zero-order valence-corrected chi connectivity index (χ0v) is 14.8. The highest BCUT2D eigenvalue weighted by atomic mass is 16.7. The smallest absolute Gasteiger partial charge is 0.305 e. The van der Waals surface area contributed by atoms with Crippen LogP contribution in [0.15, 0.2) is 17.5 Å².